The second-order valence-electron chi connectivity index (χ2n) is 7.82. The van der Waals surface area contributed by atoms with Crippen LogP contribution in [0.1, 0.15) is 27.2 Å². The molecule has 1 aliphatic heterocycles. The van der Waals surface area contributed by atoms with Crippen LogP contribution in [0, 0.1) is 13.8 Å². The van der Waals surface area contributed by atoms with Crippen molar-refractivity contribution in [2.75, 3.05) is 11.9 Å². The van der Waals surface area contributed by atoms with Crippen LogP contribution in [0.3, 0.4) is 0 Å². The van der Waals surface area contributed by atoms with Crippen molar-refractivity contribution in [1.29, 1.82) is 0 Å². The summed E-state index contributed by atoms with van der Waals surface area (Å²) in [6.07, 6.45) is 1.41. The molecule has 3 amide bonds. The molecule has 0 unspecified atom stereocenters. The Hall–Kier alpha value is -3.82. The standard InChI is InChI=1S/C25H19ClN2O6S/c1-13-3-5-16(9-14(13)2)27-22(29)12-28-23(30)21(35-25(28)33)11-17-6-8-20(34-17)15-4-7-19(26)18(10-15)24(31)32/h3-11H,12H2,1-2H3,(H,27,29)(H,31,32). The molecule has 0 saturated carbocycles. The number of aromatic carboxylic acids is 1. The van der Waals surface area contributed by atoms with Crippen LogP contribution in [0.15, 0.2) is 57.9 Å². The van der Waals surface area contributed by atoms with Crippen molar-refractivity contribution in [2.45, 2.75) is 13.8 Å². The van der Waals surface area contributed by atoms with Crippen LogP contribution in [0.4, 0.5) is 10.5 Å². The van der Waals surface area contributed by atoms with Crippen LogP contribution in [0.2, 0.25) is 5.02 Å². The van der Waals surface area contributed by atoms with Crippen LogP contribution < -0.4 is 5.32 Å². The summed E-state index contributed by atoms with van der Waals surface area (Å²) in [6, 6.07) is 13.1. The summed E-state index contributed by atoms with van der Waals surface area (Å²) in [5.41, 5.74) is 3.09. The predicted octanol–water partition coefficient (Wildman–Crippen LogP) is 5.59. The Morgan fingerprint density at radius 1 is 1.09 bits per heavy atom. The van der Waals surface area contributed by atoms with Gasteiger partial charge in [-0.15, -0.1) is 0 Å². The molecule has 0 aliphatic carbocycles. The molecule has 4 rings (SSSR count). The first-order valence-corrected chi connectivity index (χ1v) is 11.6. The number of carbonyl (C=O) groups excluding carboxylic acids is 3. The van der Waals surface area contributed by atoms with Gasteiger partial charge in [0.25, 0.3) is 11.1 Å². The lowest BCUT2D eigenvalue weighted by Crippen LogP contribution is -2.36. The third-order valence-corrected chi connectivity index (χ3v) is 6.58. The number of nitrogens with one attached hydrogen (secondary N) is 1. The molecule has 0 bridgehead atoms. The van der Waals surface area contributed by atoms with Gasteiger partial charge in [-0.3, -0.25) is 19.3 Å². The van der Waals surface area contributed by atoms with Gasteiger partial charge in [0.05, 0.1) is 15.5 Å². The van der Waals surface area contributed by atoms with Gasteiger partial charge in [-0.2, -0.15) is 0 Å². The Morgan fingerprint density at radius 3 is 2.57 bits per heavy atom. The van der Waals surface area contributed by atoms with E-state index >= 15 is 0 Å². The zero-order chi connectivity index (χ0) is 25.3. The molecular weight excluding hydrogens is 492 g/mol. The number of rotatable bonds is 6. The van der Waals surface area contributed by atoms with Crippen molar-refractivity contribution >= 4 is 58.1 Å². The summed E-state index contributed by atoms with van der Waals surface area (Å²) >= 11 is 6.61. The van der Waals surface area contributed by atoms with Gasteiger partial charge < -0.3 is 14.8 Å². The maximum Gasteiger partial charge on any atom is 0.337 e. The van der Waals surface area contributed by atoms with E-state index in [4.69, 9.17) is 16.0 Å². The van der Waals surface area contributed by atoms with Crippen molar-refractivity contribution in [2.24, 2.45) is 0 Å². The predicted molar refractivity (Wildman–Crippen MR) is 133 cm³/mol. The lowest BCUT2D eigenvalue weighted by atomic mass is 10.1. The van der Waals surface area contributed by atoms with E-state index in [0.29, 0.717) is 28.8 Å². The normalized spacial score (nSPS) is 14.6. The van der Waals surface area contributed by atoms with Crippen LogP contribution in [0.25, 0.3) is 17.4 Å². The first-order chi connectivity index (χ1) is 16.6. The fourth-order valence-corrected chi connectivity index (χ4v) is 4.37. The van der Waals surface area contributed by atoms with E-state index in [1.165, 1.54) is 18.2 Å². The van der Waals surface area contributed by atoms with Crippen LogP contribution in [-0.2, 0) is 9.59 Å². The minimum Gasteiger partial charge on any atom is -0.478 e. The Kier molecular flexibility index (Phi) is 6.81. The van der Waals surface area contributed by atoms with E-state index in [1.54, 1.807) is 24.3 Å². The molecule has 0 spiro atoms. The fourth-order valence-electron chi connectivity index (χ4n) is 3.36. The average molecular weight is 511 g/mol. The molecule has 1 saturated heterocycles. The number of carboxylic acids is 1. The Bertz CT molecular complexity index is 1410. The highest BCUT2D eigenvalue weighted by molar-refractivity contribution is 8.18. The van der Waals surface area contributed by atoms with Crippen molar-refractivity contribution in [3.63, 3.8) is 0 Å². The SMILES string of the molecule is Cc1ccc(NC(=O)CN2C(=O)SC(=Cc3ccc(-c4ccc(Cl)c(C(=O)O)c4)o3)C2=O)cc1C. The van der Waals surface area contributed by atoms with Gasteiger partial charge in [0, 0.05) is 17.3 Å². The number of furan rings is 1. The zero-order valence-corrected chi connectivity index (χ0v) is 20.2. The third-order valence-electron chi connectivity index (χ3n) is 5.35. The molecule has 1 fully saturated rings. The number of thioether (sulfide) groups is 1. The van der Waals surface area contributed by atoms with Crippen LogP contribution in [0.5, 0.6) is 0 Å². The molecule has 1 aliphatic rings. The molecule has 2 heterocycles. The number of hydrogen-bond acceptors (Lipinski definition) is 6. The number of halogens is 1. The number of amides is 3. The molecule has 178 valence electrons. The molecule has 2 N–H and O–H groups in total. The van der Waals surface area contributed by atoms with Crippen LogP contribution >= 0.6 is 23.4 Å². The molecule has 10 heteroatoms. The largest absolute Gasteiger partial charge is 0.478 e. The summed E-state index contributed by atoms with van der Waals surface area (Å²) in [5.74, 6) is -1.61. The van der Waals surface area contributed by atoms with E-state index < -0.39 is 29.6 Å². The highest BCUT2D eigenvalue weighted by Crippen LogP contribution is 2.34. The summed E-state index contributed by atoms with van der Waals surface area (Å²) in [5, 5.41) is 11.5. The summed E-state index contributed by atoms with van der Waals surface area (Å²) in [7, 11) is 0. The molecule has 0 radical (unpaired) electrons. The minimum absolute atomic E-state index is 0.0673. The Morgan fingerprint density at radius 2 is 1.86 bits per heavy atom. The summed E-state index contributed by atoms with van der Waals surface area (Å²) in [4.78, 5) is 49.9. The van der Waals surface area contributed by atoms with Crippen molar-refractivity contribution in [3.05, 3.63) is 80.9 Å². The number of hydrogen-bond donors (Lipinski definition) is 2. The highest BCUT2D eigenvalue weighted by atomic mass is 35.5. The molecule has 1 aromatic heterocycles. The Balaban J connectivity index is 1.47. The van der Waals surface area contributed by atoms with Gasteiger partial charge >= 0.3 is 5.97 Å². The second kappa shape index (κ2) is 9.81. The fraction of sp³-hybridized carbons (Fsp3) is 0.120. The lowest BCUT2D eigenvalue weighted by Gasteiger charge is -2.13. The number of imide groups is 1. The van der Waals surface area contributed by atoms with Crippen molar-refractivity contribution < 1.29 is 28.7 Å². The van der Waals surface area contributed by atoms with Crippen molar-refractivity contribution in [3.8, 4) is 11.3 Å². The van der Waals surface area contributed by atoms with Gasteiger partial charge in [-0.1, -0.05) is 17.7 Å². The van der Waals surface area contributed by atoms with E-state index in [0.717, 1.165) is 16.0 Å². The monoisotopic (exact) mass is 510 g/mol. The highest BCUT2D eigenvalue weighted by Gasteiger charge is 2.36. The maximum atomic E-state index is 12.8. The summed E-state index contributed by atoms with van der Waals surface area (Å²) in [6.45, 7) is 3.46. The second-order valence-corrected chi connectivity index (χ2v) is 9.22. The van der Waals surface area contributed by atoms with Gasteiger partial charge in [0.2, 0.25) is 5.91 Å². The number of benzene rings is 2. The smallest absolute Gasteiger partial charge is 0.337 e. The topological polar surface area (TPSA) is 117 Å². The van der Waals surface area contributed by atoms with Gasteiger partial charge in [-0.05, 0) is 79.2 Å². The number of anilines is 1. The van der Waals surface area contributed by atoms with E-state index in [9.17, 15) is 24.3 Å². The number of carbonyl (C=O) groups is 4. The zero-order valence-electron chi connectivity index (χ0n) is 18.6. The van der Waals surface area contributed by atoms with E-state index in [2.05, 4.69) is 5.32 Å². The van der Waals surface area contributed by atoms with E-state index in [-0.39, 0.29) is 21.3 Å². The first kappa shape index (κ1) is 24.3. The minimum atomic E-state index is -1.17. The molecule has 2 aromatic carbocycles. The number of aryl methyl sites for hydroxylation is 2. The van der Waals surface area contributed by atoms with Crippen LogP contribution in [-0.4, -0.2) is 39.6 Å². The van der Waals surface area contributed by atoms with Crippen molar-refractivity contribution in [1.82, 2.24) is 4.90 Å². The van der Waals surface area contributed by atoms with Gasteiger partial charge in [-0.25, -0.2) is 4.79 Å². The first-order valence-electron chi connectivity index (χ1n) is 10.4. The quantitative estimate of drug-likeness (QED) is 0.415. The molecule has 3 aromatic rings. The molecule has 35 heavy (non-hydrogen) atoms. The summed E-state index contributed by atoms with van der Waals surface area (Å²) < 4.78 is 5.72. The van der Waals surface area contributed by atoms with E-state index in [1.807, 2.05) is 26.0 Å². The average Bonchev–Trinajstić information content (AvgIpc) is 3.37. The Labute approximate surface area is 209 Å². The molecule has 0 atom stereocenters. The number of nitrogens with zero attached hydrogens (tertiary/aromatic N) is 1. The number of carboxylic acid groups (broad SMARTS) is 1. The molecular formula is C25H19ClN2O6S. The van der Waals surface area contributed by atoms with Gasteiger partial charge in [0.15, 0.2) is 0 Å². The third kappa shape index (κ3) is 5.31. The lowest BCUT2D eigenvalue weighted by molar-refractivity contribution is -0.127. The van der Waals surface area contributed by atoms with Gasteiger partial charge in [0.1, 0.15) is 18.1 Å². The molecule has 8 nitrogen and oxygen atoms in total. The maximum absolute atomic E-state index is 12.8.